The van der Waals surface area contributed by atoms with Crippen LogP contribution < -0.4 is 10.2 Å². The molecule has 9 heteroatoms. The highest BCUT2D eigenvalue weighted by Crippen LogP contribution is 2.42. The highest BCUT2D eigenvalue weighted by Gasteiger charge is 2.42. The van der Waals surface area contributed by atoms with Crippen LogP contribution in [0, 0.1) is 5.92 Å². The van der Waals surface area contributed by atoms with Crippen LogP contribution in [-0.4, -0.2) is 34.6 Å². The molecule has 1 N–H and O–H groups in total. The van der Waals surface area contributed by atoms with Crippen LogP contribution in [0.1, 0.15) is 37.2 Å². The highest BCUT2D eigenvalue weighted by molar-refractivity contribution is 5.99. The first-order valence-electron chi connectivity index (χ1n) is 8.99. The lowest BCUT2D eigenvalue weighted by atomic mass is 9.81. The fourth-order valence-corrected chi connectivity index (χ4v) is 3.79. The average molecular weight is 391 g/mol. The summed E-state index contributed by atoms with van der Waals surface area (Å²) in [4.78, 5) is 18.4. The Labute approximate surface area is 160 Å². The summed E-state index contributed by atoms with van der Waals surface area (Å²) in [5.41, 5.74) is 2.76. The molecule has 1 aliphatic heterocycles. The molecule has 2 aromatic rings. The van der Waals surface area contributed by atoms with Crippen molar-refractivity contribution in [3.05, 3.63) is 46.9 Å². The van der Waals surface area contributed by atoms with Crippen molar-refractivity contribution in [3.8, 4) is 0 Å². The zero-order valence-corrected chi connectivity index (χ0v) is 15.7. The van der Waals surface area contributed by atoms with Crippen LogP contribution in [0.2, 0.25) is 0 Å². The van der Waals surface area contributed by atoms with Crippen LogP contribution in [0.5, 0.6) is 0 Å². The van der Waals surface area contributed by atoms with E-state index < -0.39 is 18.0 Å². The number of nitrogens with zero attached hydrogens (tertiary/aromatic N) is 4. The molecule has 0 amide bonds. The Morgan fingerprint density at radius 2 is 1.86 bits per heavy atom. The first-order valence-corrected chi connectivity index (χ1v) is 8.99. The van der Waals surface area contributed by atoms with Crippen molar-refractivity contribution in [1.29, 1.82) is 0 Å². The van der Waals surface area contributed by atoms with Gasteiger partial charge in [0.2, 0.25) is 5.95 Å². The lowest BCUT2D eigenvalue weighted by molar-refractivity contribution is -0.145. The summed E-state index contributed by atoms with van der Waals surface area (Å²) in [6, 6.07) is 6.65. The quantitative estimate of drug-likeness (QED) is 0.847. The minimum absolute atomic E-state index is 0.00895. The fourth-order valence-electron chi connectivity index (χ4n) is 3.79. The summed E-state index contributed by atoms with van der Waals surface area (Å²) in [7, 11) is 3.80. The molecule has 2 atom stereocenters. The van der Waals surface area contributed by atoms with Gasteiger partial charge in [-0.25, -0.2) is 4.68 Å². The van der Waals surface area contributed by atoms with Crippen LogP contribution in [0.3, 0.4) is 0 Å². The number of fused-ring (bicyclic) bond motifs is 1. The Morgan fingerprint density at radius 3 is 2.46 bits per heavy atom. The van der Waals surface area contributed by atoms with Crippen molar-refractivity contribution in [3.63, 3.8) is 0 Å². The molecule has 28 heavy (non-hydrogen) atoms. The maximum atomic E-state index is 13.2. The molecule has 0 bridgehead atoms. The van der Waals surface area contributed by atoms with E-state index in [2.05, 4.69) is 15.4 Å². The molecular weight excluding hydrogens is 371 g/mol. The van der Waals surface area contributed by atoms with E-state index in [0.717, 1.165) is 5.69 Å². The van der Waals surface area contributed by atoms with Crippen LogP contribution >= 0.6 is 0 Å². The number of ketones is 1. The van der Waals surface area contributed by atoms with Crippen molar-refractivity contribution < 1.29 is 18.0 Å². The van der Waals surface area contributed by atoms with Gasteiger partial charge in [-0.1, -0.05) is 19.1 Å². The lowest BCUT2D eigenvalue weighted by Gasteiger charge is -2.34. The van der Waals surface area contributed by atoms with Crippen LogP contribution in [0.25, 0.3) is 0 Å². The van der Waals surface area contributed by atoms with Gasteiger partial charge in [-0.2, -0.15) is 18.2 Å². The Bertz CT molecular complexity index is 959. The van der Waals surface area contributed by atoms with E-state index in [0.29, 0.717) is 29.7 Å². The van der Waals surface area contributed by atoms with Gasteiger partial charge in [0.1, 0.15) is 6.04 Å². The first-order chi connectivity index (χ1) is 13.1. The van der Waals surface area contributed by atoms with Gasteiger partial charge in [0.25, 0.3) is 5.82 Å². The Morgan fingerprint density at radius 1 is 1.18 bits per heavy atom. The number of carbonyl (C=O) groups excluding carboxylic acids is 1. The number of Topliss-reactive ketones (excluding diaryl/α,β-unsaturated/α-hetero) is 1. The van der Waals surface area contributed by atoms with E-state index in [1.54, 1.807) is 0 Å². The van der Waals surface area contributed by atoms with E-state index >= 15 is 0 Å². The number of nitrogens with one attached hydrogen (secondary N) is 1. The number of allylic oxidation sites excluding steroid dienone is 2. The van der Waals surface area contributed by atoms with Gasteiger partial charge in [-0.05, 0) is 30.0 Å². The van der Waals surface area contributed by atoms with Crippen molar-refractivity contribution in [2.24, 2.45) is 5.92 Å². The molecule has 6 nitrogen and oxygen atoms in total. The SMILES string of the molecule is C[C@@H]1CC(=O)C2=C(C1)Nc1nc(C(F)(F)F)nn1[C@H]2c1ccc(N(C)C)cc1. The number of aromatic nitrogens is 3. The number of hydrogen-bond acceptors (Lipinski definition) is 5. The first kappa shape index (κ1) is 18.5. The summed E-state index contributed by atoms with van der Waals surface area (Å²) in [5, 5.41) is 6.62. The van der Waals surface area contributed by atoms with Gasteiger partial charge >= 0.3 is 6.18 Å². The minimum atomic E-state index is -4.66. The number of benzene rings is 1. The Kier molecular flexibility index (Phi) is 4.20. The molecule has 148 valence electrons. The molecule has 0 spiro atoms. The minimum Gasteiger partial charge on any atom is -0.378 e. The number of halogens is 3. The second kappa shape index (κ2) is 6.35. The summed E-state index contributed by atoms with van der Waals surface area (Å²) >= 11 is 0. The van der Waals surface area contributed by atoms with Gasteiger partial charge in [0.05, 0.1) is 0 Å². The molecule has 0 saturated carbocycles. The molecule has 4 rings (SSSR count). The van der Waals surface area contributed by atoms with E-state index in [1.165, 1.54) is 4.68 Å². The standard InChI is InChI=1S/C19H20F3N5O/c1-10-8-13-15(14(28)9-10)16(11-4-6-12(7-5-11)26(2)3)27-18(23-13)24-17(25-27)19(20,21)22/h4-7,10,16H,8-9H2,1-3H3,(H,23,24,25)/t10-,16-/m0/s1. The van der Waals surface area contributed by atoms with Crippen molar-refractivity contribution in [2.45, 2.75) is 32.0 Å². The molecule has 0 unspecified atom stereocenters. The number of rotatable bonds is 2. The largest absolute Gasteiger partial charge is 0.453 e. The van der Waals surface area contributed by atoms with Crippen LogP contribution in [0.4, 0.5) is 24.8 Å². The summed E-state index contributed by atoms with van der Waals surface area (Å²) in [6.45, 7) is 1.95. The van der Waals surface area contributed by atoms with Crippen molar-refractivity contribution >= 4 is 17.4 Å². The Hall–Kier alpha value is -2.84. The molecule has 0 saturated heterocycles. The third-order valence-electron chi connectivity index (χ3n) is 5.10. The molecule has 1 aromatic heterocycles. The van der Waals surface area contributed by atoms with Gasteiger partial charge in [-0.15, -0.1) is 5.10 Å². The normalized spacial score (nSPS) is 21.9. The zero-order chi connectivity index (χ0) is 20.2. The summed E-state index contributed by atoms with van der Waals surface area (Å²) < 4.78 is 40.8. The topological polar surface area (TPSA) is 63.1 Å². The number of hydrogen-bond donors (Lipinski definition) is 1. The average Bonchev–Trinajstić information content (AvgIpc) is 3.03. The number of anilines is 2. The van der Waals surface area contributed by atoms with E-state index in [1.807, 2.05) is 50.2 Å². The third kappa shape index (κ3) is 3.04. The van der Waals surface area contributed by atoms with Crippen LogP contribution in [0.15, 0.2) is 35.5 Å². The molecular formula is C19H20F3N5O. The molecule has 0 fully saturated rings. The van der Waals surface area contributed by atoms with E-state index in [4.69, 9.17) is 0 Å². The van der Waals surface area contributed by atoms with Crippen molar-refractivity contribution in [2.75, 3.05) is 24.3 Å². The third-order valence-corrected chi connectivity index (χ3v) is 5.10. The smallest absolute Gasteiger partial charge is 0.378 e. The molecule has 0 radical (unpaired) electrons. The molecule has 1 aliphatic carbocycles. The Balaban J connectivity index is 1.87. The van der Waals surface area contributed by atoms with E-state index in [9.17, 15) is 18.0 Å². The molecule has 2 aliphatic rings. The zero-order valence-electron chi connectivity index (χ0n) is 15.7. The number of carbonyl (C=O) groups is 1. The fraction of sp³-hybridized carbons (Fsp3) is 0.421. The molecule has 1 aromatic carbocycles. The second-order valence-corrected chi connectivity index (χ2v) is 7.54. The van der Waals surface area contributed by atoms with Crippen molar-refractivity contribution in [1.82, 2.24) is 14.8 Å². The number of alkyl halides is 3. The van der Waals surface area contributed by atoms with Gasteiger partial charge in [0.15, 0.2) is 5.78 Å². The molecule has 2 heterocycles. The van der Waals surface area contributed by atoms with E-state index in [-0.39, 0.29) is 17.6 Å². The van der Waals surface area contributed by atoms with Gasteiger partial charge in [-0.3, -0.25) is 4.79 Å². The van der Waals surface area contributed by atoms with Gasteiger partial charge < -0.3 is 10.2 Å². The van der Waals surface area contributed by atoms with Gasteiger partial charge in [0, 0.05) is 37.5 Å². The predicted octanol–water partition coefficient (Wildman–Crippen LogP) is 3.63. The summed E-state index contributed by atoms with van der Waals surface area (Å²) in [5.74, 6) is -1.16. The maximum Gasteiger partial charge on any atom is 0.453 e. The summed E-state index contributed by atoms with van der Waals surface area (Å²) in [6.07, 6.45) is -3.71. The predicted molar refractivity (Wildman–Crippen MR) is 98.0 cm³/mol. The highest BCUT2D eigenvalue weighted by atomic mass is 19.4. The second-order valence-electron chi connectivity index (χ2n) is 7.54. The monoisotopic (exact) mass is 391 g/mol. The van der Waals surface area contributed by atoms with Crippen LogP contribution in [-0.2, 0) is 11.0 Å². The lowest BCUT2D eigenvalue weighted by Crippen LogP contribution is -2.33. The maximum absolute atomic E-state index is 13.2.